The van der Waals surface area contributed by atoms with Crippen LogP contribution in [-0.2, 0) is 0 Å². The van der Waals surface area contributed by atoms with E-state index < -0.39 is 0 Å². The Morgan fingerprint density at radius 2 is 1.94 bits per heavy atom. The molecule has 0 fully saturated rings. The molecule has 3 heteroatoms. The van der Waals surface area contributed by atoms with Gasteiger partial charge in [0.1, 0.15) is 0 Å². The molecule has 84 valence electrons. The van der Waals surface area contributed by atoms with Crippen molar-refractivity contribution in [3.63, 3.8) is 0 Å². The molecule has 1 aromatic carbocycles. The fourth-order valence-corrected chi connectivity index (χ4v) is 2.95. The lowest BCUT2D eigenvalue weighted by atomic mass is 10.0. The zero-order chi connectivity index (χ0) is 11.8. The Morgan fingerprint density at radius 3 is 2.71 bits per heavy atom. The Bertz CT molecular complexity index is 726. The summed E-state index contributed by atoms with van der Waals surface area (Å²) >= 11 is 1.59. The molecule has 0 bridgehead atoms. The standard InChI is InChI=1S/C14H11NOS/c1-9-10-5-2-3-6-11(10)15-14(16)13(9)12-7-4-8-17-12/h2-8H,1H3,(H,15,16). The van der Waals surface area contributed by atoms with E-state index in [9.17, 15) is 4.79 Å². The molecule has 0 saturated carbocycles. The zero-order valence-corrected chi connectivity index (χ0v) is 10.2. The highest BCUT2D eigenvalue weighted by molar-refractivity contribution is 7.13. The SMILES string of the molecule is Cc1c(-c2cccs2)c(=O)[nH]c2ccccc12. The predicted molar refractivity (Wildman–Crippen MR) is 72.6 cm³/mol. The molecule has 0 saturated heterocycles. The number of nitrogens with one attached hydrogen (secondary N) is 1. The molecule has 3 aromatic rings. The largest absolute Gasteiger partial charge is 0.321 e. The number of aromatic nitrogens is 1. The molecule has 3 rings (SSSR count). The van der Waals surface area contributed by atoms with Crippen molar-refractivity contribution in [1.82, 2.24) is 4.98 Å². The van der Waals surface area contributed by atoms with Crippen molar-refractivity contribution in [2.75, 3.05) is 0 Å². The number of benzene rings is 1. The summed E-state index contributed by atoms with van der Waals surface area (Å²) in [7, 11) is 0. The number of aryl methyl sites for hydroxylation is 1. The van der Waals surface area contributed by atoms with Crippen molar-refractivity contribution in [3.8, 4) is 10.4 Å². The monoisotopic (exact) mass is 241 g/mol. The van der Waals surface area contributed by atoms with Gasteiger partial charge in [-0.25, -0.2) is 0 Å². The summed E-state index contributed by atoms with van der Waals surface area (Å²) in [6.07, 6.45) is 0. The number of hydrogen-bond acceptors (Lipinski definition) is 2. The minimum atomic E-state index is -0.0105. The first-order valence-corrected chi connectivity index (χ1v) is 6.31. The maximum atomic E-state index is 12.1. The normalized spacial score (nSPS) is 10.9. The summed E-state index contributed by atoms with van der Waals surface area (Å²) in [6, 6.07) is 11.8. The molecule has 17 heavy (non-hydrogen) atoms. The molecule has 0 aliphatic carbocycles. The fourth-order valence-electron chi connectivity index (χ4n) is 2.13. The Morgan fingerprint density at radius 1 is 1.12 bits per heavy atom. The van der Waals surface area contributed by atoms with Crippen LogP contribution in [0.3, 0.4) is 0 Å². The van der Waals surface area contributed by atoms with Crippen molar-refractivity contribution in [1.29, 1.82) is 0 Å². The molecule has 0 unspecified atom stereocenters. The summed E-state index contributed by atoms with van der Waals surface area (Å²) in [4.78, 5) is 16.1. The zero-order valence-electron chi connectivity index (χ0n) is 9.36. The summed E-state index contributed by atoms with van der Waals surface area (Å²) in [5.74, 6) is 0. The maximum Gasteiger partial charge on any atom is 0.257 e. The van der Waals surface area contributed by atoms with Gasteiger partial charge in [0.05, 0.1) is 5.56 Å². The summed E-state index contributed by atoms with van der Waals surface area (Å²) in [5.41, 5.74) is 2.73. The fraction of sp³-hybridized carbons (Fsp3) is 0.0714. The third-order valence-corrected chi connectivity index (χ3v) is 3.84. The Labute approximate surface area is 103 Å². The first-order valence-electron chi connectivity index (χ1n) is 5.43. The van der Waals surface area contributed by atoms with Crippen molar-refractivity contribution >= 4 is 22.2 Å². The molecule has 0 spiro atoms. The van der Waals surface area contributed by atoms with Gasteiger partial charge in [0.25, 0.3) is 5.56 Å². The molecule has 2 heterocycles. The lowest BCUT2D eigenvalue weighted by Gasteiger charge is -2.06. The minimum Gasteiger partial charge on any atom is -0.321 e. The van der Waals surface area contributed by atoms with Crippen LogP contribution < -0.4 is 5.56 Å². The number of rotatable bonds is 1. The lowest BCUT2D eigenvalue weighted by Crippen LogP contribution is -2.10. The number of aromatic amines is 1. The maximum absolute atomic E-state index is 12.1. The van der Waals surface area contributed by atoms with Crippen LogP contribution in [0, 0.1) is 6.92 Å². The van der Waals surface area contributed by atoms with Crippen LogP contribution in [0.2, 0.25) is 0 Å². The van der Waals surface area contributed by atoms with E-state index in [4.69, 9.17) is 0 Å². The van der Waals surface area contributed by atoms with Gasteiger partial charge in [0.2, 0.25) is 0 Å². The van der Waals surface area contributed by atoms with Crippen molar-refractivity contribution in [3.05, 3.63) is 57.7 Å². The molecule has 2 aromatic heterocycles. The Kier molecular flexibility index (Phi) is 2.34. The van der Waals surface area contributed by atoms with Crippen LogP contribution in [-0.4, -0.2) is 4.98 Å². The number of H-pyrrole nitrogens is 1. The van der Waals surface area contributed by atoms with E-state index in [-0.39, 0.29) is 5.56 Å². The molecular formula is C14H11NOS. The van der Waals surface area contributed by atoms with Crippen molar-refractivity contribution in [2.24, 2.45) is 0 Å². The third-order valence-electron chi connectivity index (χ3n) is 2.95. The van der Waals surface area contributed by atoms with Crippen LogP contribution in [0.1, 0.15) is 5.56 Å². The van der Waals surface area contributed by atoms with Crippen LogP contribution >= 0.6 is 11.3 Å². The van der Waals surface area contributed by atoms with E-state index >= 15 is 0 Å². The Balaban J connectivity index is 2.44. The van der Waals surface area contributed by atoms with Gasteiger partial charge in [0, 0.05) is 15.8 Å². The predicted octanol–water partition coefficient (Wildman–Crippen LogP) is 3.57. The second-order valence-electron chi connectivity index (χ2n) is 3.98. The van der Waals surface area contributed by atoms with Crippen molar-refractivity contribution < 1.29 is 0 Å². The highest BCUT2D eigenvalue weighted by atomic mass is 32.1. The molecule has 2 nitrogen and oxygen atoms in total. The van der Waals surface area contributed by atoms with Gasteiger partial charge in [0.15, 0.2) is 0 Å². The van der Waals surface area contributed by atoms with E-state index in [2.05, 4.69) is 4.98 Å². The highest BCUT2D eigenvalue weighted by Gasteiger charge is 2.11. The van der Waals surface area contributed by atoms with E-state index in [1.165, 1.54) is 0 Å². The number of hydrogen-bond donors (Lipinski definition) is 1. The number of thiophene rings is 1. The molecule has 0 aliphatic rings. The van der Waals surface area contributed by atoms with Crippen LogP contribution in [0.4, 0.5) is 0 Å². The quantitative estimate of drug-likeness (QED) is 0.694. The summed E-state index contributed by atoms with van der Waals surface area (Å²) < 4.78 is 0. The average molecular weight is 241 g/mol. The third kappa shape index (κ3) is 1.59. The average Bonchev–Trinajstić information content (AvgIpc) is 2.83. The van der Waals surface area contributed by atoms with Gasteiger partial charge >= 0.3 is 0 Å². The van der Waals surface area contributed by atoms with E-state index in [1.54, 1.807) is 11.3 Å². The molecule has 0 amide bonds. The van der Waals surface area contributed by atoms with Gasteiger partial charge < -0.3 is 4.98 Å². The number of pyridine rings is 1. The molecular weight excluding hydrogens is 230 g/mol. The van der Waals surface area contributed by atoms with Gasteiger partial charge in [-0.2, -0.15) is 0 Å². The molecule has 0 radical (unpaired) electrons. The lowest BCUT2D eigenvalue weighted by molar-refractivity contribution is 1.28. The molecule has 0 atom stereocenters. The topological polar surface area (TPSA) is 32.9 Å². The van der Waals surface area contributed by atoms with Gasteiger partial charge in [-0.05, 0) is 30.0 Å². The second kappa shape index (κ2) is 3.86. The summed E-state index contributed by atoms with van der Waals surface area (Å²) in [5, 5.41) is 3.10. The second-order valence-corrected chi connectivity index (χ2v) is 4.92. The van der Waals surface area contributed by atoms with E-state index in [1.807, 2.05) is 48.7 Å². The minimum absolute atomic E-state index is 0.0105. The van der Waals surface area contributed by atoms with E-state index in [0.717, 1.165) is 26.9 Å². The molecule has 0 aliphatic heterocycles. The smallest absolute Gasteiger partial charge is 0.257 e. The molecule has 1 N–H and O–H groups in total. The van der Waals surface area contributed by atoms with Crippen molar-refractivity contribution in [2.45, 2.75) is 6.92 Å². The van der Waals surface area contributed by atoms with Gasteiger partial charge in [-0.3, -0.25) is 4.79 Å². The Hall–Kier alpha value is -1.87. The van der Waals surface area contributed by atoms with Crippen LogP contribution in [0.25, 0.3) is 21.3 Å². The highest BCUT2D eigenvalue weighted by Crippen LogP contribution is 2.28. The first kappa shape index (κ1) is 10.3. The van der Waals surface area contributed by atoms with E-state index in [0.29, 0.717) is 0 Å². The first-order chi connectivity index (χ1) is 8.27. The summed E-state index contributed by atoms with van der Waals surface area (Å²) in [6.45, 7) is 2.01. The van der Waals surface area contributed by atoms with Gasteiger partial charge in [-0.1, -0.05) is 24.3 Å². The van der Waals surface area contributed by atoms with Crippen LogP contribution in [0.5, 0.6) is 0 Å². The number of fused-ring (bicyclic) bond motifs is 1. The number of para-hydroxylation sites is 1. The van der Waals surface area contributed by atoms with Gasteiger partial charge in [-0.15, -0.1) is 11.3 Å². The van der Waals surface area contributed by atoms with Crippen LogP contribution in [0.15, 0.2) is 46.6 Å².